The Kier molecular flexibility index (Phi) is 4.29. The maximum atomic E-state index is 6.14. The minimum Gasteiger partial charge on any atom is -0.335 e. The second-order valence-electron chi connectivity index (χ2n) is 7.48. The summed E-state index contributed by atoms with van der Waals surface area (Å²) in [5.41, 5.74) is 6.13. The molecule has 9 heteroatoms. The van der Waals surface area contributed by atoms with Crippen molar-refractivity contribution in [3.63, 3.8) is 0 Å². The van der Waals surface area contributed by atoms with Gasteiger partial charge in [0.1, 0.15) is 5.52 Å². The Balaban J connectivity index is 1.47. The lowest BCUT2D eigenvalue weighted by atomic mass is 9.94. The summed E-state index contributed by atoms with van der Waals surface area (Å²) in [7, 11) is 0. The highest BCUT2D eigenvalue weighted by Gasteiger charge is 2.20. The highest BCUT2D eigenvalue weighted by molar-refractivity contribution is 7.19. The van der Waals surface area contributed by atoms with Gasteiger partial charge in [0, 0.05) is 28.2 Å². The Morgan fingerprint density at radius 2 is 1.93 bits per heavy atom. The number of H-pyrrole nitrogens is 2. The van der Waals surface area contributed by atoms with Crippen molar-refractivity contribution in [1.82, 2.24) is 35.5 Å². The molecular formula is C21H18ClN7S. The molecule has 1 fully saturated rings. The predicted octanol–water partition coefficient (Wildman–Crippen LogP) is 4.75. The summed E-state index contributed by atoms with van der Waals surface area (Å²) >= 11 is 7.68. The summed E-state index contributed by atoms with van der Waals surface area (Å²) < 4.78 is 0.752. The van der Waals surface area contributed by atoms with Crippen molar-refractivity contribution in [3.8, 4) is 22.0 Å². The number of imidazole rings is 1. The van der Waals surface area contributed by atoms with Gasteiger partial charge in [-0.25, -0.2) is 15.0 Å². The van der Waals surface area contributed by atoms with Crippen molar-refractivity contribution >= 4 is 45.1 Å². The van der Waals surface area contributed by atoms with Gasteiger partial charge in [-0.15, -0.1) is 11.3 Å². The Morgan fingerprint density at radius 3 is 2.77 bits per heavy atom. The Morgan fingerprint density at radius 1 is 1.03 bits per heavy atom. The van der Waals surface area contributed by atoms with Gasteiger partial charge in [0.05, 0.1) is 15.4 Å². The topological polar surface area (TPSA) is 95.2 Å². The van der Waals surface area contributed by atoms with E-state index in [1.54, 1.807) is 6.20 Å². The molecule has 5 aromatic rings. The Hall–Kier alpha value is -2.81. The first-order chi connectivity index (χ1) is 14.8. The number of thiophene rings is 1. The number of piperidine rings is 1. The molecule has 150 valence electrons. The molecule has 6 heterocycles. The third kappa shape index (κ3) is 2.99. The maximum Gasteiger partial charge on any atom is 0.178 e. The number of fused-ring (bicyclic) bond motifs is 2. The van der Waals surface area contributed by atoms with E-state index < -0.39 is 0 Å². The lowest BCUT2D eigenvalue weighted by Crippen LogP contribution is -2.27. The average Bonchev–Trinajstić information content (AvgIpc) is 3.51. The number of hydrogen-bond acceptors (Lipinski definition) is 6. The fraction of sp³-hybridized carbons (Fsp3) is 0.238. The SMILES string of the molecule is Clc1ccc(-c2ccnc3nc(-c4n[nH]c5ccc(C6CCNCC6)nc45)[nH]c23)s1. The maximum absolute atomic E-state index is 6.14. The number of halogens is 1. The number of pyridine rings is 2. The fourth-order valence-corrected chi connectivity index (χ4v) is 5.19. The number of rotatable bonds is 3. The Bertz CT molecular complexity index is 1360. The standard InChI is InChI=1S/C21H18ClN7S/c22-16-4-3-15(30-16)12-7-10-24-20-17(12)26-21(27-20)19-18-14(28-29-19)2-1-13(25-18)11-5-8-23-9-6-11/h1-4,7,10-11,23H,5-6,8-9H2,(H,28,29)(H,24,26,27). The van der Waals surface area contributed by atoms with Gasteiger partial charge in [0.25, 0.3) is 0 Å². The first-order valence-electron chi connectivity index (χ1n) is 9.93. The molecule has 1 saturated heterocycles. The van der Waals surface area contributed by atoms with Gasteiger partial charge in [0.2, 0.25) is 0 Å². The van der Waals surface area contributed by atoms with Crippen LogP contribution in [0, 0.1) is 0 Å². The van der Waals surface area contributed by atoms with Crippen molar-refractivity contribution in [1.29, 1.82) is 0 Å². The first kappa shape index (κ1) is 18.0. The molecule has 1 aliphatic heterocycles. The van der Waals surface area contributed by atoms with Gasteiger partial charge in [-0.2, -0.15) is 5.10 Å². The van der Waals surface area contributed by atoms with Crippen LogP contribution < -0.4 is 5.32 Å². The van der Waals surface area contributed by atoms with Gasteiger partial charge in [0.15, 0.2) is 17.2 Å². The lowest BCUT2D eigenvalue weighted by molar-refractivity contribution is 0.454. The molecule has 0 aliphatic carbocycles. The zero-order valence-corrected chi connectivity index (χ0v) is 17.5. The molecule has 7 nitrogen and oxygen atoms in total. The van der Waals surface area contributed by atoms with Crippen LogP contribution >= 0.6 is 22.9 Å². The van der Waals surface area contributed by atoms with E-state index in [4.69, 9.17) is 21.6 Å². The molecule has 30 heavy (non-hydrogen) atoms. The van der Waals surface area contributed by atoms with Crippen molar-refractivity contribution in [2.24, 2.45) is 0 Å². The molecular weight excluding hydrogens is 418 g/mol. The fourth-order valence-electron chi connectivity index (χ4n) is 4.11. The van der Waals surface area contributed by atoms with E-state index in [-0.39, 0.29) is 0 Å². The molecule has 0 unspecified atom stereocenters. The summed E-state index contributed by atoms with van der Waals surface area (Å²) in [4.78, 5) is 18.6. The molecule has 5 aromatic heterocycles. The molecule has 0 aromatic carbocycles. The molecule has 1 aliphatic rings. The van der Waals surface area contributed by atoms with Crippen LogP contribution in [-0.4, -0.2) is 43.2 Å². The predicted molar refractivity (Wildman–Crippen MR) is 120 cm³/mol. The van der Waals surface area contributed by atoms with Crippen LogP contribution in [0.3, 0.4) is 0 Å². The number of aromatic amines is 2. The Labute approximate surface area is 180 Å². The van der Waals surface area contributed by atoms with E-state index in [0.717, 1.165) is 63.0 Å². The van der Waals surface area contributed by atoms with Gasteiger partial charge < -0.3 is 10.3 Å². The molecule has 3 N–H and O–H groups in total. The first-order valence-corrected chi connectivity index (χ1v) is 11.1. The van der Waals surface area contributed by atoms with E-state index in [9.17, 15) is 0 Å². The third-order valence-corrected chi connectivity index (χ3v) is 6.91. The summed E-state index contributed by atoms with van der Waals surface area (Å²) in [5, 5.41) is 11.0. The van der Waals surface area contributed by atoms with Crippen LogP contribution in [0.4, 0.5) is 0 Å². The summed E-state index contributed by atoms with van der Waals surface area (Å²) in [5.74, 6) is 1.14. The van der Waals surface area contributed by atoms with E-state index >= 15 is 0 Å². The summed E-state index contributed by atoms with van der Waals surface area (Å²) in [6.45, 7) is 2.07. The molecule has 0 atom stereocenters. The largest absolute Gasteiger partial charge is 0.335 e. The van der Waals surface area contributed by atoms with Gasteiger partial charge >= 0.3 is 0 Å². The molecule has 0 amide bonds. The van der Waals surface area contributed by atoms with E-state index in [2.05, 4.69) is 37.6 Å². The van der Waals surface area contributed by atoms with Crippen LogP contribution in [0.15, 0.2) is 36.5 Å². The van der Waals surface area contributed by atoms with Crippen molar-refractivity contribution in [2.75, 3.05) is 13.1 Å². The molecule has 0 saturated carbocycles. The second-order valence-corrected chi connectivity index (χ2v) is 9.19. The average molecular weight is 436 g/mol. The van der Waals surface area contributed by atoms with Gasteiger partial charge in [-0.05, 0) is 56.3 Å². The quantitative estimate of drug-likeness (QED) is 0.380. The normalized spacial score (nSPS) is 15.4. The highest BCUT2D eigenvalue weighted by Crippen LogP contribution is 2.35. The van der Waals surface area contributed by atoms with Crippen molar-refractivity contribution in [3.05, 3.63) is 46.6 Å². The lowest BCUT2D eigenvalue weighted by Gasteiger charge is -2.22. The molecule has 0 bridgehead atoms. The van der Waals surface area contributed by atoms with E-state index in [0.29, 0.717) is 23.1 Å². The second kappa shape index (κ2) is 7.16. The van der Waals surface area contributed by atoms with Crippen LogP contribution in [0.2, 0.25) is 4.34 Å². The number of hydrogen-bond donors (Lipinski definition) is 3. The summed E-state index contributed by atoms with van der Waals surface area (Å²) in [6.07, 6.45) is 3.98. The number of aromatic nitrogens is 6. The number of nitrogens with zero attached hydrogens (tertiary/aromatic N) is 4. The molecule has 0 radical (unpaired) electrons. The molecule has 6 rings (SSSR count). The zero-order valence-electron chi connectivity index (χ0n) is 15.9. The third-order valence-electron chi connectivity index (χ3n) is 5.64. The van der Waals surface area contributed by atoms with Crippen molar-refractivity contribution < 1.29 is 0 Å². The number of nitrogens with one attached hydrogen (secondary N) is 3. The summed E-state index contributed by atoms with van der Waals surface area (Å²) in [6, 6.07) is 10.1. The minimum atomic E-state index is 0.478. The van der Waals surface area contributed by atoms with Crippen molar-refractivity contribution in [2.45, 2.75) is 18.8 Å². The van der Waals surface area contributed by atoms with Gasteiger partial charge in [-0.1, -0.05) is 11.6 Å². The van der Waals surface area contributed by atoms with E-state index in [1.807, 2.05) is 18.2 Å². The van der Waals surface area contributed by atoms with Crippen LogP contribution in [0.1, 0.15) is 24.5 Å². The van der Waals surface area contributed by atoms with Crippen LogP contribution in [0.5, 0.6) is 0 Å². The smallest absolute Gasteiger partial charge is 0.178 e. The highest BCUT2D eigenvalue weighted by atomic mass is 35.5. The van der Waals surface area contributed by atoms with Crippen LogP contribution in [0.25, 0.3) is 44.2 Å². The monoisotopic (exact) mass is 435 g/mol. The van der Waals surface area contributed by atoms with E-state index in [1.165, 1.54) is 11.3 Å². The van der Waals surface area contributed by atoms with Crippen LogP contribution in [-0.2, 0) is 0 Å². The molecule has 0 spiro atoms. The zero-order chi connectivity index (χ0) is 20.1. The van der Waals surface area contributed by atoms with Gasteiger partial charge in [-0.3, -0.25) is 5.10 Å². The minimum absolute atomic E-state index is 0.478.